The van der Waals surface area contributed by atoms with Crippen molar-refractivity contribution in [2.75, 3.05) is 19.3 Å². The van der Waals surface area contributed by atoms with Crippen LogP contribution < -0.4 is 10.6 Å². The van der Waals surface area contributed by atoms with Crippen LogP contribution in [0.4, 0.5) is 0 Å². The summed E-state index contributed by atoms with van der Waals surface area (Å²) in [6, 6.07) is 17.3. The van der Waals surface area contributed by atoms with Crippen molar-refractivity contribution >= 4 is 39.8 Å². The first-order valence-electron chi connectivity index (χ1n) is 10.3. The molecule has 0 atom stereocenters. The predicted octanol–water partition coefficient (Wildman–Crippen LogP) is 3.25. The van der Waals surface area contributed by atoms with Gasteiger partial charge in [0.15, 0.2) is 15.8 Å². The number of hydrogen-bond acceptors (Lipinski definition) is 4. The average molecular weight is 567 g/mol. The number of aliphatic imine (C=N–C) groups is 1. The molecule has 9 heteroatoms. The number of rotatable bonds is 9. The van der Waals surface area contributed by atoms with Crippen molar-refractivity contribution in [3.05, 3.63) is 83.9 Å². The van der Waals surface area contributed by atoms with Crippen molar-refractivity contribution < 1.29 is 8.42 Å². The first-order valence-corrected chi connectivity index (χ1v) is 12.2. The summed E-state index contributed by atoms with van der Waals surface area (Å²) in [6.07, 6.45) is 5.75. The SMILES string of the molecule is CCNC(=NCc1nccn1Cc1ccccc1)NCCc1ccc(S(C)(=O)=O)cc1.I. The van der Waals surface area contributed by atoms with Gasteiger partial charge in [-0.05, 0) is 36.6 Å². The Labute approximate surface area is 207 Å². The van der Waals surface area contributed by atoms with Gasteiger partial charge in [0.25, 0.3) is 0 Å². The van der Waals surface area contributed by atoms with E-state index in [-0.39, 0.29) is 24.0 Å². The van der Waals surface area contributed by atoms with Crippen molar-refractivity contribution in [3.8, 4) is 0 Å². The zero-order chi connectivity index (χ0) is 22.1. The first-order chi connectivity index (χ1) is 15.0. The van der Waals surface area contributed by atoms with Crippen LogP contribution in [0.15, 0.2) is 76.9 Å². The van der Waals surface area contributed by atoms with Crippen molar-refractivity contribution in [1.29, 1.82) is 0 Å². The molecule has 2 aromatic carbocycles. The molecule has 0 saturated carbocycles. The van der Waals surface area contributed by atoms with E-state index in [9.17, 15) is 8.42 Å². The average Bonchev–Trinajstić information content (AvgIpc) is 3.19. The topological polar surface area (TPSA) is 88.4 Å². The highest BCUT2D eigenvalue weighted by Crippen LogP contribution is 2.10. The van der Waals surface area contributed by atoms with Gasteiger partial charge >= 0.3 is 0 Å². The Morgan fingerprint density at radius 1 is 1.03 bits per heavy atom. The van der Waals surface area contributed by atoms with E-state index in [1.165, 1.54) is 11.8 Å². The van der Waals surface area contributed by atoms with Crippen molar-refractivity contribution in [2.24, 2.45) is 4.99 Å². The van der Waals surface area contributed by atoms with Crippen LogP contribution in [0, 0.1) is 0 Å². The second-order valence-electron chi connectivity index (χ2n) is 7.25. The van der Waals surface area contributed by atoms with E-state index >= 15 is 0 Å². The minimum atomic E-state index is -3.17. The molecule has 0 aliphatic rings. The van der Waals surface area contributed by atoms with E-state index in [2.05, 4.69) is 37.3 Å². The molecule has 0 unspecified atom stereocenters. The van der Waals surface area contributed by atoms with Gasteiger partial charge in [-0.25, -0.2) is 18.4 Å². The lowest BCUT2D eigenvalue weighted by Gasteiger charge is -2.12. The number of hydrogen-bond donors (Lipinski definition) is 2. The second kappa shape index (κ2) is 12.6. The monoisotopic (exact) mass is 567 g/mol. The summed E-state index contributed by atoms with van der Waals surface area (Å²) in [4.78, 5) is 9.46. The van der Waals surface area contributed by atoms with Gasteiger partial charge in [-0.1, -0.05) is 42.5 Å². The number of imidazole rings is 1. The molecule has 0 aliphatic heterocycles. The van der Waals surface area contributed by atoms with Crippen molar-refractivity contribution in [1.82, 2.24) is 20.2 Å². The highest BCUT2D eigenvalue weighted by Gasteiger charge is 2.07. The number of nitrogens with one attached hydrogen (secondary N) is 2. The smallest absolute Gasteiger partial charge is 0.191 e. The molecule has 0 radical (unpaired) electrons. The number of aromatic nitrogens is 2. The number of benzene rings is 2. The highest BCUT2D eigenvalue weighted by atomic mass is 127. The minimum absolute atomic E-state index is 0. The maximum Gasteiger partial charge on any atom is 0.191 e. The molecule has 172 valence electrons. The fraction of sp³-hybridized carbons (Fsp3) is 0.304. The fourth-order valence-corrected chi connectivity index (χ4v) is 3.77. The van der Waals surface area contributed by atoms with Gasteiger partial charge in [-0.3, -0.25) is 0 Å². The van der Waals surface area contributed by atoms with Crippen molar-refractivity contribution in [3.63, 3.8) is 0 Å². The molecule has 2 N–H and O–H groups in total. The van der Waals surface area contributed by atoms with Crippen LogP contribution >= 0.6 is 24.0 Å². The van der Waals surface area contributed by atoms with Crippen LogP contribution in [0.1, 0.15) is 23.9 Å². The number of guanidine groups is 1. The lowest BCUT2D eigenvalue weighted by molar-refractivity contribution is 0.602. The quantitative estimate of drug-likeness (QED) is 0.236. The zero-order valence-corrected chi connectivity index (χ0v) is 21.5. The van der Waals surface area contributed by atoms with E-state index in [4.69, 9.17) is 0 Å². The fourth-order valence-electron chi connectivity index (χ4n) is 3.14. The second-order valence-corrected chi connectivity index (χ2v) is 9.26. The molecule has 0 fully saturated rings. The van der Waals surface area contributed by atoms with Gasteiger partial charge in [-0.15, -0.1) is 24.0 Å². The summed E-state index contributed by atoms with van der Waals surface area (Å²) in [6.45, 7) is 4.70. The Kier molecular flexibility index (Phi) is 10.2. The largest absolute Gasteiger partial charge is 0.357 e. The normalized spacial score (nSPS) is 11.6. The molecular formula is C23H30IN5O2S. The van der Waals surface area contributed by atoms with Gasteiger partial charge in [0, 0.05) is 38.3 Å². The molecule has 1 aromatic heterocycles. The Balaban J connectivity index is 0.00000363. The van der Waals surface area contributed by atoms with Crippen LogP contribution in [0.3, 0.4) is 0 Å². The Morgan fingerprint density at radius 2 is 1.75 bits per heavy atom. The van der Waals surface area contributed by atoms with E-state index in [0.717, 1.165) is 36.9 Å². The summed E-state index contributed by atoms with van der Waals surface area (Å²) in [7, 11) is -3.17. The summed E-state index contributed by atoms with van der Waals surface area (Å²) in [5.74, 6) is 1.63. The third-order valence-corrected chi connectivity index (χ3v) is 5.91. The lowest BCUT2D eigenvalue weighted by Crippen LogP contribution is -2.38. The maximum absolute atomic E-state index is 11.6. The Bertz CT molecular complexity index is 1100. The number of halogens is 1. The predicted molar refractivity (Wildman–Crippen MR) is 139 cm³/mol. The van der Waals surface area contributed by atoms with E-state index in [1.54, 1.807) is 18.3 Å². The molecule has 0 spiro atoms. The third-order valence-electron chi connectivity index (χ3n) is 4.78. The van der Waals surface area contributed by atoms with E-state index < -0.39 is 9.84 Å². The van der Waals surface area contributed by atoms with Gasteiger partial charge in [-0.2, -0.15) is 0 Å². The third kappa shape index (κ3) is 7.94. The van der Waals surface area contributed by atoms with Gasteiger partial charge in [0.05, 0.1) is 4.90 Å². The van der Waals surface area contributed by atoms with Crippen LogP contribution in [-0.2, 0) is 29.3 Å². The van der Waals surface area contributed by atoms with E-state index in [1.807, 2.05) is 43.5 Å². The molecular weight excluding hydrogens is 537 g/mol. The van der Waals surface area contributed by atoms with Gasteiger partial charge in [0.2, 0.25) is 0 Å². The number of nitrogens with zero attached hydrogens (tertiary/aromatic N) is 3. The summed E-state index contributed by atoms with van der Waals surface area (Å²) < 4.78 is 25.2. The number of sulfone groups is 1. The molecule has 3 aromatic rings. The summed E-state index contributed by atoms with van der Waals surface area (Å²) in [5, 5.41) is 6.58. The minimum Gasteiger partial charge on any atom is -0.357 e. The Morgan fingerprint density at radius 3 is 2.41 bits per heavy atom. The molecule has 7 nitrogen and oxygen atoms in total. The van der Waals surface area contributed by atoms with Crippen LogP contribution in [0.25, 0.3) is 0 Å². The first kappa shape index (κ1) is 25.9. The molecule has 0 aliphatic carbocycles. The highest BCUT2D eigenvalue weighted by molar-refractivity contribution is 14.0. The summed E-state index contributed by atoms with van der Waals surface area (Å²) in [5.41, 5.74) is 2.28. The Hall–Kier alpha value is -2.40. The van der Waals surface area contributed by atoms with E-state index in [0.29, 0.717) is 18.0 Å². The standard InChI is InChI=1S/C23H29N5O2S.HI/c1-3-24-23(26-14-13-19-9-11-21(12-10-19)31(2,29)30)27-17-22-25-15-16-28(22)18-20-7-5-4-6-8-20;/h4-12,15-16H,3,13-14,17-18H2,1-2H3,(H2,24,26,27);1H. The molecule has 0 amide bonds. The van der Waals surface area contributed by atoms with Crippen molar-refractivity contribution in [2.45, 2.75) is 31.3 Å². The van der Waals surface area contributed by atoms with Gasteiger partial charge in [0.1, 0.15) is 12.4 Å². The zero-order valence-electron chi connectivity index (χ0n) is 18.4. The van der Waals surface area contributed by atoms with Crippen LogP contribution in [0.2, 0.25) is 0 Å². The molecule has 0 saturated heterocycles. The van der Waals surface area contributed by atoms with Gasteiger partial charge < -0.3 is 15.2 Å². The maximum atomic E-state index is 11.6. The lowest BCUT2D eigenvalue weighted by atomic mass is 10.1. The van der Waals surface area contributed by atoms with Crippen LogP contribution in [-0.4, -0.2) is 43.3 Å². The van der Waals surface area contributed by atoms with Crippen LogP contribution in [0.5, 0.6) is 0 Å². The summed E-state index contributed by atoms with van der Waals surface area (Å²) >= 11 is 0. The molecule has 1 heterocycles. The molecule has 32 heavy (non-hydrogen) atoms. The molecule has 3 rings (SSSR count). The molecule has 0 bridgehead atoms.